The third kappa shape index (κ3) is 2.31. The molecule has 2 aliphatic carbocycles. The zero-order chi connectivity index (χ0) is 12.7. The first-order valence-electron chi connectivity index (χ1n) is 7.15. The lowest BCUT2D eigenvalue weighted by atomic mass is 9.82. The molecule has 2 fully saturated rings. The highest BCUT2D eigenvalue weighted by Gasteiger charge is 2.39. The topological polar surface area (TPSA) is 26.0 Å². The Balaban J connectivity index is 1.71. The molecular formula is C16H22ClN. The third-order valence-corrected chi connectivity index (χ3v) is 5.32. The van der Waals surface area contributed by atoms with E-state index >= 15 is 0 Å². The minimum absolute atomic E-state index is 0.160. The van der Waals surface area contributed by atoms with Crippen LogP contribution in [0.5, 0.6) is 0 Å². The van der Waals surface area contributed by atoms with Crippen molar-refractivity contribution in [3.05, 3.63) is 34.3 Å². The maximum atomic E-state index is 6.42. The molecule has 1 aromatic rings. The van der Waals surface area contributed by atoms with E-state index in [1.165, 1.54) is 36.8 Å². The average Bonchev–Trinajstić information content (AvgIpc) is 2.94. The van der Waals surface area contributed by atoms with Crippen molar-refractivity contribution in [2.75, 3.05) is 0 Å². The van der Waals surface area contributed by atoms with Crippen LogP contribution < -0.4 is 5.73 Å². The van der Waals surface area contributed by atoms with Crippen molar-refractivity contribution >= 4 is 11.6 Å². The molecule has 3 rings (SSSR count). The van der Waals surface area contributed by atoms with Crippen molar-refractivity contribution in [1.82, 2.24) is 0 Å². The van der Waals surface area contributed by atoms with Crippen LogP contribution in [0.1, 0.15) is 49.3 Å². The van der Waals surface area contributed by atoms with Crippen molar-refractivity contribution < 1.29 is 0 Å². The van der Waals surface area contributed by atoms with Crippen LogP contribution in [0.2, 0.25) is 5.02 Å². The second-order valence-electron chi connectivity index (χ2n) is 6.28. The van der Waals surface area contributed by atoms with Crippen LogP contribution in [0.4, 0.5) is 0 Å². The minimum atomic E-state index is 0.160. The Morgan fingerprint density at radius 3 is 2.83 bits per heavy atom. The number of benzene rings is 1. The van der Waals surface area contributed by atoms with Crippen molar-refractivity contribution in [2.45, 2.75) is 45.1 Å². The molecule has 1 nitrogen and oxygen atoms in total. The van der Waals surface area contributed by atoms with Gasteiger partial charge < -0.3 is 5.73 Å². The van der Waals surface area contributed by atoms with Gasteiger partial charge in [0.05, 0.1) is 0 Å². The van der Waals surface area contributed by atoms with E-state index in [1.54, 1.807) is 0 Å². The zero-order valence-corrected chi connectivity index (χ0v) is 11.8. The van der Waals surface area contributed by atoms with Crippen molar-refractivity contribution in [3.63, 3.8) is 0 Å². The Hall–Kier alpha value is -0.530. The predicted molar refractivity (Wildman–Crippen MR) is 76.7 cm³/mol. The highest BCUT2D eigenvalue weighted by Crippen LogP contribution is 2.50. The second kappa shape index (κ2) is 4.86. The summed E-state index contributed by atoms with van der Waals surface area (Å²) >= 11 is 6.08. The lowest BCUT2D eigenvalue weighted by Crippen LogP contribution is -2.20. The van der Waals surface area contributed by atoms with Gasteiger partial charge in [0.15, 0.2) is 0 Å². The molecule has 0 aromatic heterocycles. The van der Waals surface area contributed by atoms with Crippen molar-refractivity contribution in [2.24, 2.45) is 23.5 Å². The van der Waals surface area contributed by atoms with Crippen molar-refractivity contribution in [3.8, 4) is 0 Å². The number of fused-ring (bicyclic) bond motifs is 2. The van der Waals surface area contributed by atoms with Gasteiger partial charge in [0.25, 0.3) is 0 Å². The Kier molecular flexibility index (Phi) is 3.38. The summed E-state index contributed by atoms with van der Waals surface area (Å²) in [6.45, 7) is 2.13. The molecule has 4 unspecified atom stereocenters. The maximum absolute atomic E-state index is 6.42. The molecule has 2 bridgehead atoms. The summed E-state index contributed by atoms with van der Waals surface area (Å²) in [4.78, 5) is 0. The third-order valence-electron chi connectivity index (χ3n) is 5.08. The lowest BCUT2D eigenvalue weighted by molar-refractivity contribution is 0.296. The fourth-order valence-corrected chi connectivity index (χ4v) is 4.31. The molecule has 2 saturated carbocycles. The first-order chi connectivity index (χ1) is 8.63. The number of hydrogen-bond acceptors (Lipinski definition) is 1. The van der Waals surface area contributed by atoms with Gasteiger partial charge in [-0.3, -0.25) is 0 Å². The van der Waals surface area contributed by atoms with Crippen LogP contribution in [-0.4, -0.2) is 0 Å². The predicted octanol–water partition coefficient (Wildman–Crippen LogP) is 4.47. The average molecular weight is 264 g/mol. The number of halogens is 1. The molecule has 2 heteroatoms. The summed E-state index contributed by atoms with van der Waals surface area (Å²) in [5.74, 6) is 2.82. The summed E-state index contributed by atoms with van der Waals surface area (Å²) in [5.41, 5.74) is 8.93. The van der Waals surface area contributed by atoms with Gasteiger partial charge in [-0.15, -0.1) is 0 Å². The highest BCUT2D eigenvalue weighted by atomic mass is 35.5. The SMILES string of the molecule is Cc1ccc(Cl)cc1C(N)CC1CC2CCC1C2. The van der Waals surface area contributed by atoms with E-state index in [4.69, 9.17) is 17.3 Å². The van der Waals surface area contributed by atoms with E-state index in [9.17, 15) is 0 Å². The summed E-state index contributed by atoms with van der Waals surface area (Å²) in [7, 11) is 0. The smallest absolute Gasteiger partial charge is 0.0409 e. The number of aryl methyl sites for hydroxylation is 1. The van der Waals surface area contributed by atoms with Gasteiger partial charge in [-0.05, 0) is 73.6 Å². The molecule has 0 spiro atoms. The fourth-order valence-electron chi connectivity index (χ4n) is 4.13. The minimum Gasteiger partial charge on any atom is -0.324 e. The van der Waals surface area contributed by atoms with Gasteiger partial charge in [0.1, 0.15) is 0 Å². The van der Waals surface area contributed by atoms with Crippen LogP contribution >= 0.6 is 11.6 Å². The van der Waals surface area contributed by atoms with Crippen LogP contribution in [0.25, 0.3) is 0 Å². The van der Waals surface area contributed by atoms with Crippen LogP contribution in [0.15, 0.2) is 18.2 Å². The number of rotatable bonds is 3. The molecule has 0 aliphatic heterocycles. The van der Waals surface area contributed by atoms with Crippen LogP contribution in [0.3, 0.4) is 0 Å². The molecule has 2 aliphatic rings. The van der Waals surface area contributed by atoms with Gasteiger partial charge in [-0.1, -0.05) is 24.1 Å². The van der Waals surface area contributed by atoms with E-state index in [-0.39, 0.29) is 6.04 Å². The van der Waals surface area contributed by atoms with Gasteiger partial charge in [0, 0.05) is 11.1 Å². The molecule has 98 valence electrons. The molecule has 2 N–H and O–H groups in total. The lowest BCUT2D eigenvalue weighted by Gasteiger charge is -2.25. The zero-order valence-electron chi connectivity index (χ0n) is 11.0. The molecule has 0 saturated heterocycles. The van der Waals surface area contributed by atoms with Crippen molar-refractivity contribution in [1.29, 1.82) is 0 Å². The molecule has 1 aromatic carbocycles. The monoisotopic (exact) mass is 263 g/mol. The normalized spacial score (nSPS) is 31.8. The summed E-state index contributed by atoms with van der Waals surface area (Å²) in [6, 6.07) is 6.24. The molecular weight excluding hydrogens is 242 g/mol. The summed E-state index contributed by atoms with van der Waals surface area (Å²) in [5, 5.41) is 0.805. The fraction of sp³-hybridized carbons (Fsp3) is 0.625. The maximum Gasteiger partial charge on any atom is 0.0409 e. The van der Waals surface area contributed by atoms with E-state index in [2.05, 4.69) is 19.1 Å². The quantitative estimate of drug-likeness (QED) is 0.855. The van der Waals surface area contributed by atoms with Gasteiger partial charge >= 0.3 is 0 Å². The molecule has 0 amide bonds. The van der Waals surface area contributed by atoms with Gasteiger partial charge in [0.2, 0.25) is 0 Å². The molecule has 4 atom stereocenters. The van der Waals surface area contributed by atoms with E-state index < -0.39 is 0 Å². The highest BCUT2D eigenvalue weighted by molar-refractivity contribution is 6.30. The Bertz CT molecular complexity index is 443. The number of hydrogen-bond donors (Lipinski definition) is 1. The van der Waals surface area contributed by atoms with E-state index in [0.717, 1.165) is 29.2 Å². The molecule has 18 heavy (non-hydrogen) atoms. The van der Waals surface area contributed by atoms with Crippen LogP contribution in [-0.2, 0) is 0 Å². The second-order valence-corrected chi connectivity index (χ2v) is 6.71. The number of nitrogens with two attached hydrogens (primary N) is 1. The standard InChI is InChI=1S/C16H22ClN/c1-10-2-5-14(17)9-15(10)16(18)8-13-7-11-3-4-12(13)6-11/h2,5,9,11-13,16H,3-4,6-8,18H2,1H3. The van der Waals surface area contributed by atoms with E-state index in [0.29, 0.717) is 0 Å². The largest absolute Gasteiger partial charge is 0.324 e. The Morgan fingerprint density at radius 2 is 2.17 bits per heavy atom. The summed E-state index contributed by atoms with van der Waals surface area (Å²) < 4.78 is 0. The van der Waals surface area contributed by atoms with Gasteiger partial charge in [-0.2, -0.15) is 0 Å². The first-order valence-corrected chi connectivity index (χ1v) is 7.53. The Labute approximate surface area is 115 Å². The Morgan fingerprint density at radius 1 is 1.33 bits per heavy atom. The van der Waals surface area contributed by atoms with Crippen LogP contribution in [0, 0.1) is 24.7 Å². The summed E-state index contributed by atoms with van der Waals surface area (Å²) in [6.07, 6.45) is 6.93. The molecule has 0 heterocycles. The van der Waals surface area contributed by atoms with Gasteiger partial charge in [-0.25, -0.2) is 0 Å². The van der Waals surface area contributed by atoms with E-state index in [1.807, 2.05) is 6.07 Å². The first kappa shape index (κ1) is 12.5. The molecule has 0 radical (unpaired) electrons.